The van der Waals surface area contributed by atoms with Gasteiger partial charge in [0, 0.05) is 19.2 Å². The van der Waals surface area contributed by atoms with Gasteiger partial charge in [0.1, 0.15) is 0 Å². The summed E-state index contributed by atoms with van der Waals surface area (Å²) in [6.45, 7) is 12.4. The first-order valence-corrected chi connectivity index (χ1v) is 4.12. The number of ether oxygens (including phenoxy) is 1. The molecule has 1 N–H and O–H groups in total. The minimum absolute atomic E-state index is 0.423. The fourth-order valence-corrected chi connectivity index (χ4v) is 0.702. The summed E-state index contributed by atoms with van der Waals surface area (Å²) in [6.07, 6.45) is 0. The summed E-state index contributed by atoms with van der Waals surface area (Å²) in [5.41, 5.74) is 1.16. The van der Waals surface area contributed by atoms with Crippen LogP contribution in [0.5, 0.6) is 0 Å². The highest BCUT2D eigenvalue weighted by Crippen LogP contribution is 1.87. The first-order valence-electron chi connectivity index (χ1n) is 4.12. The Morgan fingerprint density at radius 3 is 2.73 bits per heavy atom. The van der Waals surface area contributed by atoms with Crippen molar-refractivity contribution in [2.45, 2.75) is 26.8 Å². The average molecular weight is 157 g/mol. The molecule has 2 heteroatoms. The van der Waals surface area contributed by atoms with E-state index >= 15 is 0 Å². The average Bonchev–Trinajstić information content (AvgIpc) is 1.97. The van der Waals surface area contributed by atoms with Crippen LogP contribution in [0, 0.1) is 0 Å². The van der Waals surface area contributed by atoms with E-state index in [1.165, 1.54) is 0 Å². The molecule has 0 saturated heterocycles. The number of hydrogen-bond donors (Lipinski definition) is 1. The SMILES string of the molecule is C=C(C)CNC(C)COCC. The van der Waals surface area contributed by atoms with Gasteiger partial charge in [0.05, 0.1) is 6.61 Å². The molecule has 2 nitrogen and oxygen atoms in total. The second-order valence-corrected chi connectivity index (χ2v) is 2.90. The Bertz CT molecular complexity index is 112. The van der Waals surface area contributed by atoms with E-state index < -0.39 is 0 Å². The number of rotatable bonds is 6. The van der Waals surface area contributed by atoms with Gasteiger partial charge in [0.25, 0.3) is 0 Å². The minimum atomic E-state index is 0.423. The van der Waals surface area contributed by atoms with Crippen molar-refractivity contribution < 1.29 is 4.74 Å². The second kappa shape index (κ2) is 6.38. The summed E-state index contributed by atoms with van der Waals surface area (Å²) in [5.74, 6) is 0. The molecular formula is C9H19NO. The molecule has 11 heavy (non-hydrogen) atoms. The highest BCUT2D eigenvalue weighted by Gasteiger charge is 1.98. The van der Waals surface area contributed by atoms with E-state index in [0.29, 0.717) is 6.04 Å². The van der Waals surface area contributed by atoms with Crippen LogP contribution >= 0.6 is 0 Å². The van der Waals surface area contributed by atoms with Gasteiger partial charge in [-0.1, -0.05) is 12.2 Å². The quantitative estimate of drug-likeness (QED) is 0.591. The third kappa shape index (κ3) is 7.56. The third-order valence-electron chi connectivity index (χ3n) is 1.32. The summed E-state index contributed by atoms with van der Waals surface area (Å²) in [4.78, 5) is 0. The topological polar surface area (TPSA) is 21.3 Å². The molecule has 66 valence electrons. The maximum Gasteiger partial charge on any atom is 0.0616 e. The van der Waals surface area contributed by atoms with Crippen LogP contribution in [0.2, 0.25) is 0 Å². The van der Waals surface area contributed by atoms with Crippen molar-refractivity contribution in [1.29, 1.82) is 0 Å². The molecule has 1 unspecified atom stereocenters. The zero-order chi connectivity index (χ0) is 8.69. The van der Waals surface area contributed by atoms with Crippen molar-refractivity contribution in [2.24, 2.45) is 0 Å². The molecule has 0 spiro atoms. The molecule has 0 heterocycles. The molecule has 0 aromatic carbocycles. The molecule has 0 aliphatic heterocycles. The molecule has 0 aliphatic carbocycles. The monoisotopic (exact) mass is 157 g/mol. The Hall–Kier alpha value is -0.340. The fraction of sp³-hybridized carbons (Fsp3) is 0.778. The van der Waals surface area contributed by atoms with Crippen molar-refractivity contribution >= 4 is 0 Å². The van der Waals surface area contributed by atoms with Crippen molar-refractivity contribution in [1.82, 2.24) is 5.32 Å². The molecule has 0 saturated carbocycles. The first kappa shape index (κ1) is 10.7. The Kier molecular flexibility index (Phi) is 6.18. The first-order chi connectivity index (χ1) is 5.16. The minimum Gasteiger partial charge on any atom is -0.380 e. The van der Waals surface area contributed by atoms with E-state index in [2.05, 4.69) is 18.8 Å². The van der Waals surface area contributed by atoms with Crippen LogP contribution in [0.1, 0.15) is 20.8 Å². The lowest BCUT2D eigenvalue weighted by Gasteiger charge is -2.12. The van der Waals surface area contributed by atoms with E-state index in [9.17, 15) is 0 Å². The van der Waals surface area contributed by atoms with Gasteiger partial charge in [0.15, 0.2) is 0 Å². The van der Waals surface area contributed by atoms with Gasteiger partial charge in [-0.05, 0) is 20.8 Å². The van der Waals surface area contributed by atoms with Gasteiger partial charge in [-0.2, -0.15) is 0 Å². The van der Waals surface area contributed by atoms with Crippen molar-refractivity contribution in [2.75, 3.05) is 19.8 Å². The zero-order valence-electron chi connectivity index (χ0n) is 7.81. The highest BCUT2D eigenvalue weighted by molar-refractivity contribution is 4.91. The molecule has 0 fully saturated rings. The van der Waals surface area contributed by atoms with Crippen LogP contribution in [0.15, 0.2) is 12.2 Å². The molecule has 0 rings (SSSR count). The van der Waals surface area contributed by atoms with E-state index in [4.69, 9.17) is 4.74 Å². The normalized spacial score (nSPS) is 13.0. The zero-order valence-corrected chi connectivity index (χ0v) is 7.81. The molecular weight excluding hydrogens is 138 g/mol. The third-order valence-corrected chi connectivity index (χ3v) is 1.32. The molecule has 0 bridgehead atoms. The van der Waals surface area contributed by atoms with Gasteiger partial charge in [-0.15, -0.1) is 0 Å². The molecule has 1 atom stereocenters. The van der Waals surface area contributed by atoms with Crippen LogP contribution in [-0.4, -0.2) is 25.8 Å². The van der Waals surface area contributed by atoms with Crippen molar-refractivity contribution in [3.05, 3.63) is 12.2 Å². The lowest BCUT2D eigenvalue weighted by Crippen LogP contribution is -2.31. The molecule has 0 amide bonds. The van der Waals surface area contributed by atoms with Crippen LogP contribution in [0.3, 0.4) is 0 Å². The summed E-state index contributed by atoms with van der Waals surface area (Å²) in [5, 5.41) is 3.29. The molecule has 0 aliphatic rings. The van der Waals surface area contributed by atoms with Crippen LogP contribution in [-0.2, 0) is 4.74 Å². The van der Waals surface area contributed by atoms with Gasteiger partial charge < -0.3 is 10.1 Å². The molecule has 0 radical (unpaired) electrons. The van der Waals surface area contributed by atoms with E-state index in [1.54, 1.807) is 0 Å². The largest absolute Gasteiger partial charge is 0.380 e. The fourth-order valence-electron chi connectivity index (χ4n) is 0.702. The van der Waals surface area contributed by atoms with E-state index in [-0.39, 0.29) is 0 Å². The van der Waals surface area contributed by atoms with Crippen molar-refractivity contribution in [3.63, 3.8) is 0 Å². The van der Waals surface area contributed by atoms with E-state index in [0.717, 1.165) is 25.3 Å². The summed E-state index contributed by atoms with van der Waals surface area (Å²) in [7, 11) is 0. The molecule has 0 aromatic heterocycles. The number of hydrogen-bond acceptors (Lipinski definition) is 2. The Morgan fingerprint density at radius 2 is 2.27 bits per heavy atom. The van der Waals surface area contributed by atoms with E-state index in [1.807, 2.05) is 13.8 Å². The van der Waals surface area contributed by atoms with Gasteiger partial charge in [-0.3, -0.25) is 0 Å². The van der Waals surface area contributed by atoms with Gasteiger partial charge in [-0.25, -0.2) is 0 Å². The van der Waals surface area contributed by atoms with Crippen molar-refractivity contribution in [3.8, 4) is 0 Å². The lowest BCUT2D eigenvalue weighted by atomic mass is 10.3. The van der Waals surface area contributed by atoms with Gasteiger partial charge in [0.2, 0.25) is 0 Å². The number of nitrogens with one attached hydrogen (secondary N) is 1. The summed E-state index contributed by atoms with van der Waals surface area (Å²) >= 11 is 0. The summed E-state index contributed by atoms with van der Waals surface area (Å²) in [6, 6.07) is 0.423. The van der Waals surface area contributed by atoms with Crippen LogP contribution in [0.4, 0.5) is 0 Å². The second-order valence-electron chi connectivity index (χ2n) is 2.90. The maximum atomic E-state index is 5.24. The van der Waals surface area contributed by atoms with Crippen LogP contribution < -0.4 is 5.32 Å². The predicted octanol–water partition coefficient (Wildman–Crippen LogP) is 1.58. The smallest absolute Gasteiger partial charge is 0.0616 e. The Morgan fingerprint density at radius 1 is 1.64 bits per heavy atom. The Labute approximate surface area is 69.6 Å². The maximum absolute atomic E-state index is 5.24. The van der Waals surface area contributed by atoms with Crippen LogP contribution in [0.25, 0.3) is 0 Å². The predicted molar refractivity (Wildman–Crippen MR) is 48.8 cm³/mol. The standard InChI is InChI=1S/C9H19NO/c1-5-11-7-9(4)10-6-8(2)3/h9-10H,2,5-7H2,1,3-4H3. The Balaban J connectivity index is 3.22. The van der Waals surface area contributed by atoms with Gasteiger partial charge >= 0.3 is 0 Å². The lowest BCUT2D eigenvalue weighted by molar-refractivity contribution is 0.128. The highest BCUT2D eigenvalue weighted by atomic mass is 16.5. The molecule has 0 aromatic rings. The summed E-state index contributed by atoms with van der Waals surface area (Å²) < 4.78 is 5.24.